The molecule has 118 valence electrons. The normalized spacial score (nSPS) is 11.0. The molecule has 2 aromatic carbocycles. The summed E-state index contributed by atoms with van der Waals surface area (Å²) in [6.07, 6.45) is 0.686. The summed E-state index contributed by atoms with van der Waals surface area (Å²) in [6.45, 7) is 1.95. The number of aryl methyl sites for hydroxylation is 1. The van der Waals surface area contributed by atoms with Crippen LogP contribution < -0.4 is 14.2 Å². The highest BCUT2D eigenvalue weighted by molar-refractivity contribution is 7.92. The minimum Gasteiger partial charge on any atom is -0.497 e. The Morgan fingerprint density at radius 3 is 2.45 bits per heavy atom. The molecule has 2 aromatic rings. The van der Waals surface area contributed by atoms with Gasteiger partial charge in [-0.1, -0.05) is 13.0 Å². The zero-order chi connectivity index (χ0) is 16.2. The molecule has 0 bridgehead atoms. The first-order chi connectivity index (χ1) is 10.5. The van der Waals surface area contributed by atoms with Crippen LogP contribution in [0.2, 0.25) is 0 Å². The number of hydrogen-bond acceptors (Lipinski definition) is 4. The van der Waals surface area contributed by atoms with Crippen molar-refractivity contribution in [3.05, 3.63) is 48.0 Å². The zero-order valence-electron chi connectivity index (χ0n) is 12.8. The fraction of sp³-hybridized carbons (Fsp3) is 0.250. The molecule has 0 aliphatic carbocycles. The summed E-state index contributed by atoms with van der Waals surface area (Å²) in [7, 11) is -0.558. The van der Waals surface area contributed by atoms with Crippen LogP contribution in [0.25, 0.3) is 0 Å². The second kappa shape index (κ2) is 6.70. The van der Waals surface area contributed by atoms with E-state index in [0.29, 0.717) is 23.6 Å². The topological polar surface area (TPSA) is 64.6 Å². The first kappa shape index (κ1) is 16.2. The van der Waals surface area contributed by atoms with Crippen LogP contribution in [0.15, 0.2) is 47.4 Å². The van der Waals surface area contributed by atoms with Crippen LogP contribution in [0, 0.1) is 0 Å². The average molecular weight is 321 g/mol. The van der Waals surface area contributed by atoms with Crippen LogP contribution in [-0.2, 0) is 16.4 Å². The Morgan fingerprint density at radius 1 is 1.05 bits per heavy atom. The minimum absolute atomic E-state index is 0.202. The van der Waals surface area contributed by atoms with Gasteiger partial charge in [0, 0.05) is 6.07 Å². The second-order valence-corrected chi connectivity index (χ2v) is 6.35. The molecule has 0 heterocycles. The van der Waals surface area contributed by atoms with E-state index in [2.05, 4.69) is 4.72 Å². The van der Waals surface area contributed by atoms with Crippen LogP contribution >= 0.6 is 0 Å². The van der Waals surface area contributed by atoms with Gasteiger partial charge in [0.25, 0.3) is 10.0 Å². The lowest BCUT2D eigenvalue weighted by molar-refractivity contribution is 0.409. The molecule has 6 heteroatoms. The number of ether oxygens (including phenoxy) is 2. The molecule has 0 unspecified atom stereocenters. The number of benzene rings is 2. The molecule has 0 spiro atoms. The molecule has 2 rings (SSSR count). The summed E-state index contributed by atoms with van der Waals surface area (Å²) >= 11 is 0. The Bertz CT molecular complexity index is 756. The van der Waals surface area contributed by atoms with Crippen LogP contribution in [-0.4, -0.2) is 22.6 Å². The van der Waals surface area contributed by atoms with E-state index in [-0.39, 0.29) is 4.90 Å². The third-order valence-electron chi connectivity index (χ3n) is 3.27. The van der Waals surface area contributed by atoms with Crippen molar-refractivity contribution in [2.45, 2.75) is 18.2 Å². The highest BCUT2D eigenvalue weighted by Crippen LogP contribution is 2.25. The largest absolute Gasteiger partial charge is 0.497 e. The Hall–Kier alpha value is -2.21. The molecular formula is C16H19NO4S. The Labute approximate surface area is 130 Å². The SMILES string of the molecule is CCc1cc(S(=O)(=O)Nc2cccc(OC)c2)ccc1OC. The maximum absolute atomic E-state index is 12.5. The van der Waals surface area contributed by atoms with E-state index in [4.69, 9.17) is 9.47 Å². The van der Waals surface area contributed by atoms with Crippen molar-refractivity contribution >= 4 is 15.7 Å². The van der Waals surface area contributed by atoms with Crippen molar-refractivity contribution in [1.82, 2.24) is 0 Å². The maximum atomic E-state index is 12.5. The first-order valence-corrected chi connectivity index (χ1v) is 8.32. The molecule has 0 aliphatic heterocycles. The molecule has 0 fully saturated rings. The minimum atomic E-state index is -3.66. The summed E-state index contributed by atoms with van der Waals surface area (Å²) in [5.41, 5.74) is 1.30. The summed E-state index contributed by atoms with van der Waals surface area (Å²) in [4.78, 5) is 0.202. The third-order valence-corrected chi connectivity index (χ3v) is 4.64. The van der Waals surface area contributed by atoms with Crippen molar-refractivity contribution in [2.75, 3.05) is 18.9 Å². The smallest absolute Gasteiger partial charge is 0.261 e. The molecule has 5 nitrogen and oxygen atoms in total. The van der Waals surface area contributed by atoms with E-state index in [1.165, 1.54) is 13.2 Å². The lowest BCUT2D eigenvalue weighted by Gasteiger charge is -2.12. The van der Waals surface area contributed by atoms with Crippen molar-refractivity contribution in [2.24, 2.45) is 0 Å². The molecule has 0 aliphatic rings. The van der Waals surface area contributed by atoms with Crippen molar-refractivity contribution in [3.63, 3.8) is 0 Å². The highest BCUT2D eigenvalue weighted by atomic mass is 32.2. The van der Waals surface area contributed by atoms with Crippen molar-refractivity contribution < 1.29 is 17.9 Å². The lowest BCUT2D eigenvalue weighted by Crippen LogP contribution is -2.13. The quantitative estimate of drug-likeness (QED) is 0.888. The second-order valence-electron chi connectivity index (χ2n) is 4.66. The van der Waals surface area contributed by atoms with Gasteiger partial charge in [-0.2, -0.15) is 0 Å². The fourth-order valence-electron chi connectivity index (χ4n) is 2.10. The van der Waals surface area contributed by atoms with Gasteiger partial charge < -0.3 is 9.47 Å². The average Bonchev–Trinajstić information content (AvgIpc) is 2.53. The van der Waals surface area contributed by atoms with Gasteiger partial charge in [0.05, 0.1) is 24.8 Å². The summed E-state index contributed by atoms with van der Waals surface area (Å²) < 4.78 is 37.8. The zero-order valence-corrected chi connectivity index (χ0v) is 13.6. The van der Waals surface area contributed by atoms with Gasteiger partial charge in [-0.25, -0.2) is 8.42 Å². The van der Waals surface area contributed by atoms with Gasteiger partial charge >= 0.3 is 0 Å². The van der Waals surface area contributed by atoms with E-state index in [1.807, 2.05) is 6.92 Å². The summed E-state index contributed by atoms with van der Waals surface area (Å²) in [5.74, 6) is 1.27. The van der Waals surface area contributed by atoms with Crippen LogP contribution in [0.4, 0.5) is 5.69 Å². The predicted octanol–water partition coefficient (Wildman–Crippen LogP) is 3.07. The van der Waals surface area contributed by atoms with Gasteiger partial charge in [0.2, 0.25) is 0 Å². The molecule has 22 heavy (non-hydrogen) atoms. The predicted molar refractivity (Wildman–Crippen MR) is 86.2 cm³/mol. The van der Waals surface area contributed by atoms with Gasteiger partial charge in [-0.3, -0.25) is 4.72 Å². The molecule has 0 atom stereocenters. The van der Waals surface area contributed by atoms with Crippen molar-refractivity contribution in [3.8, 4) is 11.5 Å². The monoisotopic (exact) mass is 321 g/mol. The number of methoxy groups -OCH3 is 2. The van der Waals surface area contributed by atoms with Crippen LogP contribution in [0.1, 0.15) is 12.5 Å². The van der Waals surface area contributed by atoms with Crippen molar-refractivity contribution in [1.29, 1.82) is 0 Å². The van der Waals surface area contributed by atoms with E-state index in [0.717, 1.165) is 5.56 Å². The number of sulfonamides is 1. The van der Waals surface area contributed by atoms with Gasteiger partial charge in [0.15, 0.2) is 0 Å². The van der Waals surface area contributed by atoms with E-state index in [9.17, 15) is 8.42 Å². The molecule has 0 amide bonds. The number of anilines is 1. The summed E-state index contributed by atoms with van der Waals surface area (Å²) in [6, 6.07) is 11.6. The summed E-state index contributed by atoms with van der Waals surface area (Å²) in [5, 5.41) is 0. The van der Waals surface area contributed by atoms with Gasteiger partial charge in [-0.05, 0) is 42.3 Å². The van der Waals surface area contributed by atoms with E-state index in [1.54, 1.807) is 43.5 Å². The molecular weight excluding hydrogens is 302 g/mol. The molecule has 0 radical (unpaired) electrons. The number of rotatable bonds is 6. The third kappa shape index (κ3) is 3.51. The van der Waals surface area contributed by atoms with Crippen LogP contribution in [0.3, 0.4) is 0 Å². The maximum Gasteiger partial charge on any atom is 0.261 e. The van der Waals surface area contributed by atoms with E-state index < -0.39 is 10.0 Å². The highest BCUT2D eigenvalue weighted by Gasteiger charge is 2.16. The lowest BCUT2D eigenvalue weighted by atomic mass is 10.1. The first-order valence-electron chi connectivity index (χ1n) is 6.84. The van der Waals surface area contributed by atoms with Crippen LogP contribution in [0.5, 0.6) is 11.5 Å². The molecule has 0 saturated carbocycles. The Kier molecular flexibility index (Phi) is 4.92. The Morgan fingerprint density at radius 2 is 1.82 bits per heavy atom. The van der Waals surface area contributed by atoms with Gasteiger partial charge in [0.1, 0.15) is 11.5 Å². The molecule has 0 aromatic heterocycles. The number of nitrogens with one attached hydrogen (secondary N) is 1. The van der Waals surface area contributed by atoms with E-state index >= 15 is 0 Å². The fourth-order valence-corrected chi connectivity index (χ4v) is 3.20. The van der Waals surface area contributed by atoms with Gasteiger partial charge in [-0.15, -0.1) is 0 Å². The Balaban J connectivity index is 2.33. The molecule has 1 N–H and O–H groups in total. The standard InChI is InChI=1S/C16H19NO4S/c1-4-12-10-15(8-9-16(12)21-3)22(18,19)17-13-6-5-7-14(11-13)20-2/h5-11,17H,4H2,1-3H3. The number of hydrogen-bond donors (Lipinski definition) is 1. The molecule has 0 saturated heterocycles.